The van der Waals surface area contributed by atoms with Crippen molar-refractivity contribution in [1.29, 1.82) is 0 Å². The van der Waals surface area contributed by atoms with Gasteiger partial charge in [0.15, 0.2) is 0 Å². The van der Waals surface area contributed by atoms with E-state index < -0.39 is 5.66 Å². The fourth-order valence-electron chi connectivity index (χ4n) is 4.35. The van der Waals surface area contributed by atoms with Crippen LogP contribution in [0.25, 0.3) is 0 Å². The van der Waals surface area contributed by atoms with Gasteiger partial charge in [0.25, 0.3) is 5.91 Å². The second-order valence-electron chi connectivity index (χ2n) is 7.91. The van der Waals surface area contributed by atoms with E-state index in [-0.39, 0.29) is 17.7 Å². The number of rotatable bonds is 3. The van der Waals surface area contributed by atoms with Gasteiger partial charge in [0.2, 0.25) is 5.91 Å². The van der Waals surface area contributed by atoms with E-state index in [4.69, 9.17) is 0 Å². The number of carbonyl (C=O) groups excluding carboxylic acids is 2. The quantitative estimate of drug-likeness (QED) is 0.858. The number of likely N-dealkylation sites (tertiary alicyclic amines) is 1. The first kappa shape index (κ1) is 18.5. The summed E-state index contributed by atoms with van der Waals surface area (Å²) < 4.78 is 0. The Hall–Kier alpha value is -2.82. The van der Waals surface area contributed by atoms with Gasteiger partial charge in [0.1, 0.15) is 5.66 Å². The number of fused-ring (bicyclic) bond motifs is 1. The zero-order valence-corrected chi connectivity index (χ0v) is 16.5. The third-order valence-corrected chi connectivity index (χ3v) is 5.98. The summed E-state index contributed by atoms with van der Waals surface area (Å²) in [7, 11) is 0. The number of nitrogens with one attached hydrogen (secondary N) is 2. The Kier molecular flexibility index (Phi) is 4.84. The number of amides is 2. The molecule has 1 spiro atoms. The van der Waals surface area contributed by atoms with E-state index in [2.05, 4.69) is 17.6 Å². The summed E-state index contributed by atoms with van der Waals surface area (Å²) in [6.07, 6.45) is 2.18. The highest BCUT2D eigenvalue weighted by molar-refractivity contribution is 6.02. The molecule has 1 atom stereocenters. The van der Waals surface area contributed by atoms with Crippen molar-refractivity contribution >= 4 is 17.5 Å². The number of benzene rings is 2. The summed E-state index contributed by atoms with van der Waals surface area (Å²) in [5.74, 6) is 0.0440. The summed E-state index contributed by atoms with van der Waals surface area (Å²) in [6, 6.07) is 15.9. The van der Waals surface area contributed by atoms with Crippen molar-refractivity contribution in [3.63, 3.8) is 0 Å². The number of hydrogen-bond acceptors (Lipinski definition) is 3. The van der Waals surface area contributed by atoms with E-state index in [9.17, 15) is 9.59 Å². The van der Waals surface area contributed by atoms with Crippen molar-refractivity contribution in [2.24, 2.45) is 0 Å². The van der Waals surface area contributed by atoms with Crippen molar-refractivity contribution in [2.75, 3.05) is 18.4 Å². The van der Waals surface area contributed by atoms with Crippen LogP contribution < -0.4 is 10.6 Å². The van der Waals surface area contributed by atoms with Crippen molar-refractivity contribution in [3.8, 4) is 0 Å². The van der Waals surface area contributed by atoms with Crippen LogP contribution in [0.15, 0.2) is 48.5 Å². The maximum absolute atomic E-state index is 13.1. The van der Waals surface area contributed by atoms with Gasteiger partial charge in [0, 0.05) is 31.6 Å². The van der Waals surface area contributed by atoms with Crippen LogP contribution in [0.4, 0.5) is 5.69 Å². The molecule has 2 aromatic carbocycles. The van der Waals surface area contributed by atoms with Gasteiger partial charge in [-0.2, -0.15) is 0 Å². The molecular formula is C23H27N3O2. The number of carbonyl (C=O) groups is 2. The summed E-state index contributed by atoms with van der Waals surface area (Å²) in [5.41, 5.74) is 3.25. The molecule has 2 N–H and O–H groups in total. The summed E-state index contributed by atoms with van der Waals surface area (Å²) in [5, 5.41) is 6.70. The lowest BCUT2D eigenvalue weighted by molar-refractivity contribution is -0.134. The van der Waals surface area contributed by atoms with Crippen LogP contribution in [-0.2, 0) is 4.79 Å². The lowest BCUT2D eigenvalue weighted by Crippen LogP contribution is -2.63. The molecule has 0 aliphatic carbocycles. The SMILES string of the molecule is CCC(C(=O)N1CCC2(CC1)NC(=O)c1cc(C)ccc1N2)c1ccccc1. The minimum absolute atomic E-state index is 0.0343. The molecule has 1 fully saturated rings. The van der Waals surface area contributed by atoms with Crippen LogP contribution in [0.5, 0.6) is 0 Å². The monoisotopic (exact) mass is 377 g/mol. The molecule has 0 radical (unpaired) electrons. The molecule has 28 heavy (non-hydrogen) atoms. The second-order valence-corrected chi connectivity index (χ2v) is 7.91. The predicted molar refractivity (Wildman–Crippen MR) is 110 cm³/mol. The summed E-state index contributed by atoms with van der Waals surface area (Å²) in [4.78, 5) is 27.7. The van der Waals surface area contributed by atoms with E-state index in [0.29, 0.717) is 31.5 Å². The van der Waals surface area contributed by atoms with Gasteiger partial charge >= 0.3 is 0 Å². The first-order chi connectivity index (χ1) is 13.5. The Balaban J connectivity index is 1.47. The zero-order valence-electron chi connectivity index (χ0n) is 16.5. The van der Waals surface area contributed by atoms with Gasteiger partial charge in [-0.15, -0.1) is 0 Å². The van der Waals surface area contributed by atoms with E-state index in [1.54, 1.807) is 0 Å². The smallest absolute Gasteiger partial charge is 0.255 e. The Morgan fingerprint density at radius 2 is 1.82 bits per heavy atom. The Morgan fingerprint density at radius 1 is 1.11 bits per heavy atom. The average Bonchev–Trinajstić information content (AvgIpc) is 2.70. The lowest BCUT2D eigenvalue weighted by Gasteiger charge is -2.46. The lowest BCUT2D eigenvalue weighted by atomic mass is 9.89. The molecule has 5 nitrogen and oxygen atoms in total. The third kappa shape index (κ3) is 3.37. The standard InChI is InChI=1S/C23H27N3O2/c1-3-18(17-7-5-4-6-8-17)22(28)26-13-11-23(12-14-26)24-20-10-9-16(2)15-19(20)21(27)25-23/h4-10,15,18,24H,3,11-14H2,1-2H3,(H,25,27). The highest BCUT2D eigenvalue weighted by atomic mass is 16.2. The minimum atomic E-state index is -0.468. The number of aryl methyl sites for hydroxylation is 1. The van der Waals surface area contributed by atoms with Crippen LogP contribution >= 0.6 is 0 Å². The molecule has 2 aliphatic rings. The Labute approximate surface area is 166 Å². The topological polar surface area (TPSA) is 61.4 Å². The minimum Gasteiger partial charge on any atom is -0.362 e. The molecule has 1 unspecified atom stereocenters. The predicted octanol–water partition coefficient (Wildman–Crippen LogP) is 3.66. The van der Waals surface area contributed by atoms with Crippen LogP contribution in [-0.4, -0.2) is 35.5 Å². The first-order valence-corrected chi connectivity index (χ1v) is 10.1. The molecule has 2 heterocycles. The normalized spacial score (nSPS) is 18.8. The van der Waals surface area contributed by atoms with Gasteiger partial charge in [-0.05, 0) is 31.0 Å². The van der Waals surface area contributed by atoms with E-state index in [1.165, 1.54) is 0 Å². The highest BCUT2D eigenvalue weighted by Crippen LogP contribution is 2.33. The van der Waals surface area contributed by atoms with Crippen molar-refractivity contribution in [1.82, 2.24) is 10.2 Å². The van der Waals surface area contributed by atoms with Crippen molar-refractivity contribution in [3.05, 3.63) is 65.2 Å². The maximum atomic E-state index is 13.1. The number of hydrogen-bond donors (Lipinski definition) is 2. The van der Waals surface area contributed by atoms with Gasteiger partial charge in [0.05, 0.1) is 11.5 Å². The Bertz CT molecular complexity index is 886. The zero-order chi connectivity index (χ0) is 19.7. The van der Waals surface area contributed by atoms with Crippen molar-refractivity contribution < 1.29 is 9.59 Å². The van der Waals surface area contributed by atoms with Gasteiger partial charge in [-0.25, -0.2) is 0 Å². The van der Waals surface area contributed by atoms with E-state index in [1.807, 2.05) is 60.4 Å². The van der Waals surface area contributed by atoms with Crippen LogP contribution in [0.2, 0.25) is 0 Å². The van der Waals surface area contributed by atoms with E-state index in [0.717, 1.165) is 23.2 Å². The van der Waals surface area contributed by atoms with Crippen LogP contribution in [0.1, 0.15) is 53.6 Å². The fraction of sp³-hybridized carbons (Fsp3) is 0.391. The largest absolute Gasteiger partial charge is 0.362 e. The molecule has 0 bridgehead atoms. The number of anilines is 1. The molecule has 5 heteroatoms. The van der Waals surface area contributed by atoms with Crippen LogP contribution in [0, 0.1) is 6.92 Å². The van der Waals surface area contributed by atoms with Crippen LogP contribution in [0.3, 0.4) is 0 Å². The summed E-state index contributed by atoms with van der Waals surface area (Å²) >= 11 is 0. The molecule has 0 aromatic heterocycles. The van der Waals surface area contributed by atoms with E-state index >= 15 is 0 Å². The molecule has 0 saturated carbocycles. The molecule has 4 rings (SSSR count). The van der Waals surface area contributed by atoms with Gasteiger partial charge < -0.3 is 15.5 Å². The Morgan fingerprint density at radius 3 is 2.50 bits per heavy atom. The average molecular weight is 377 g/mol. The molecular weight excluding hydrogens is 350 g/mol. The number of nitrogens with zero attached hydrogens (tertiary/aromatic N) is 1. The molecule has 2 amide bonds. The fourth-order valence-corrected chi connectivity index (χ4v) is 4.35. The second kappa shape index (κ2) is 7.30. The highest BCUT2D eigenvalue weighted by Gasteiger charge is 2.41. The molecule has 2 aliphatic heterocycles. The number of piperidine rings is 1. The molecule has 146 valence electrons. The summed E-state index contributed by atoms with van der Waals surface area (Å²) in [6.45, 7) is 5.31. The first-order valence-electron chi connectivity index (χ1n) is 10.1. The third-order valence-electron chi connectivity index (χ3n) is 5.98. The van der Waals surface area contributed by atoms with Crippen molar-refractivity contribution in [2.45, 2.75) is 44.7 Å². The van der Waals surface area contributed by atoms with Gasteiger partial charge in [-0.3, -0.25) is 9.59 Å². The molecule has 2 aromatic rings. The maximum Gasteiger partial charge on any atom is 0.255 e. The molecule has 1 saturated heterocycles. The van der Waals surface area contributed by atoms with Gasteiger partial charge in [-0.1, -0.05) is 48.9 Å².